The Hall–Kier alpha value is -3.35. The quantitative estimate of drug-likeness (QED) is 0.123. The molecular weight excluding hydrogens is 599 g/mol. The van der Waals surface area contributed by atoms with E-state index < -0.39 is 54.9 Å². The minimum atomic E-state index is -3.50. The summed E-state index contributed by atoms with van der Waals surface area (Å²) in [5.41, 5.74) is 2.72. The van der Waals surface area contributed by atoms with Crippen molar-refractivity contribution in [2.75, 3.05) is 12.3 Å². The van der Waals surface area contributed by atoms with E-state index in [4.69, 9.17) is 42.5 Å². The van der Waals surface area contributed by atoms with Crippen molar-refractivity contribution >= 4 is 41.5 Å². The number of nitrogens with zero attached hydrogens (tertiary/aromatic N) is 3. The molecule has 230 valence electrons. The van der Waals surface area contributed by atoms with Crippen LogP contribution in [0.25, 0.3) is 11.2 Å². The summed E-state index contributed by atoms with van der Waals surface area (Å²) in [4.78, 5) is 35.6. The Morgan fingerprint density at radius 1 is 1.37 bits per heavy atom. The van der Waals surface area contributed by atoms with Crippen LogP contribution >= 0.6 is 6.64 Å². The first-order chi connectivity index (χ1) is 20.5. The van der Waals surface area contributed by atoms with Crippen LogP contribution in [0.4, 0.5) is 5.95 Å². The van der Waals surface area contributed by atoms with Crippen LogP contribution in [0.3, 0.4) is 0 Å². The van der Waals surface area contributed by atoms with Gasteiger partial charge in [0, 0.05) is 0 Å². The molecule has 16 heteroatoms. The molecule has 3 heterocycles. The van der Waals surface area contributed by atoms with E-state index in [1.54, 1.807) is 37.3 Å². The number of terminal acetylenes is 1. The van der Waals surface area contributed by atoms with Crippen LogP contribution in [-0.4, -0.2) is 72.3 Å². The molecule has 5 rings (SSSR count). The zero-order valence-corrected chi connectivity index (χ0v) is 25.0. The van der Waals surface area contributed by atoms with Gasteiger partial charge in [0.2, 0.25) is 5.95 Å². The molecule has 1 unspecified atom stereocenters. The Morgan fingerprint density at radius 3 is 2.79 bits per heavy atom. The van der Waals surface area contributed by atoms with Gasteiger partial charge in [-0.1, -0.05) is 30.5 Å². The molecule has 0 amide bonds. The van der Waals surface area contributed by atoms with Crippen LogP contribution in [0, 0.1) is 12.3 Å². The van der Waals surface area contributed by atoms with Crippen molar-refractivity contribution < 1.29 is 33.5 Å². The van der Waals surface area contributed by atoms with Crippen molar-refractivity contribution in [2.45, 2.75) is 75.2 Å². The molecule has 0 radical (unpaired) electrons. The molecule has 3 aromatic rings. The summed E-state index contributed by atoms with van der Waals surface area (Å²) in [6, 6.07) is 7.77. The number of nitrogens with two attached hydrogens (primary N) is 1. The summed E-state index contributed by atoms with van der Waals surface area (Å²) in [5, 5.41) is 25.4. The fraction of sp³-hybridized carbons (Fsp3) is 0.481. The minimum Gasteiger partial charge on any atom is -0.461 e. The lowest BCUT2D eigenvalue weighted by molar-refractivity contribution is -0.152. The lowest BCUT2D eigenvalue weighted by Gasteiger charge is -2.29. The number of carbonyl (C=O) groups excluding carboxylic acids is 1. The van der Waals surface area contributed by atoms with E-state index in [9.17, 15) is 19.8 Å². The first-order valence-corrected chi connectivity index (χ1v) is 16.4. The standard InChI is InChI=1S/C27H33N6O8PS/c1-3-27(37)21(34)19(40-25(27)33-15-29-20-22(33)30-26(28)31-23(20)35)14-38-42(43,41-18-12-8-5-9-13-18)32-16(2)24(36)39-17-10-6-4-7-11-17/h1,5,8-9,12-13,15-17,19,21,25,34,37H,4,6-7,10-11,14H2,2H3,(H,32,43)(H3,28,30,31,35)/t16-,19+,21+,25+,27+,42?/m0/s1. The number of fused-ring (bicyclic) bond motifs is 1. The van der Waals surface area contributed by atoms with E-state index in [0.29, 0.717) is 5.75 Å². The molecule has 2 aromatic heterocycles. The number of carbonyl (C=O) groups is 1. The Morgan fingerprint density at radius 2 is 2.09 bits per heavy atom. The molecule has 43 heavy (non-hydrogen) atoms. The van der Waals surface area contributed by atoms with Gasteiger partial charge in [-0.3, -0.25) is 19.1 Å². The molecule has 1 saturated carbocycles. The lowest BCUT2D eigenvalue weighted by atomic mass is 9.95. The molecule has 0 bridgehead atoms. The van der Waals surface area contributed by atoms with Gasteiger partial charge in [0.05, 0.1) is 12.9 Å². The number of nitrogen functional groups attached to an aromatic ring is 1. The maximum Gasteiger partial charge on any atom is 0.323 e. The maximum absolute atomic E-state index is 12.9. The SMILES string of the molecule is C#C[C@@]1(O)[C@H](O)[C@@H](COP(=S)(N[C@@H](C)C(=O)OC2CCCCC2)Oc2ccccc2)O[C@H]1n1cnc2c(=O)[nH]c(N)nc21. The number of aliphatic hydroxyl groups is 2. The van der Waals surface area contributed by atoms with Gasteiger partial charge >= 0.3 is 12.6 Å². The number of benzene rings is 1. The van der Waals surface area contributed by atoms with Crippen molar-refractivity contribution in [1.29, 1.82) is 0 Å². The summed E-state index contributed by atoms with van der Waals surface area (Å²) >= 11 is 5.77. The van der Waals surface area contributed by atoms with E-state index in [0.717, 1.165) is 32.1 Å². The van der Waals surface area contributed by atoms with Crippen molar-refractivity contribution in [3.8, 4) is 18.1 Å². The van der Waals surface area contributed by atoms with Gasteiger partial charge in [-0.05, 0) is 56.5 Å². The molecule has 2 aliphatic rings. The van der Waals surface area contributed by atoms with Gasteiger partial charge in [-0.25, -0.2) is 10.1 Å². The van der Waals surface area contributed by atoms with Crippen molar-refractivity contribution in [1.82, 2.24) is 24.6 Å². The number of anilines is 1. The minimum absolute atomic E-state index is 0.0156. The summed E-state index contributed by atoms with van der Waals surface area (Å²) in [5.74, 6) is 1.88. The number of nitrogens with one attached hydrogen (secondary N) is 2. The zero-order chi connectivity index (χ0) is 30.8. The second-order valence-electron chi connectivity index (χ2n) is 10.5. The largest absolute Gasteiger partial charge is 0.461 e. The predicted octanol–water partition coefficient (Wildman–Crippen LogP) is 1.50. The van der Waals surface area contributed by atoms with E-state index in [1.165, 1.54) is 10.9 Å². The highest BCUT2D eigenvalue weighted by atomic mass is 32.5. The number of aliphatic hydroxyl groups excluding tert-OH is 1. The molecule has 1 aliphatic carbocycles. The monoisotopic (exact) mass is 632 g/mol. The van der Waals surface area contributed by atoms with E-state index in [-0.39, 0.29) is 23.2 Å². The normalized spacial score (nSPS) is 26.4. The lowest BCUT2D eigenvalue weighted by Crippen LogP contribution is -2.46. The molecule has 0 spiro atoms. The average Bonchev–Trinajstić information content (AvgIpc) is 3.51. The first-order valence-electron chi connectivity index (χ1n) is 13.8. The summed E-state index contributed by atoms with van der Waals surface area (Å²) in [7, 11) is 0. The number of aromatic amines is 1. The van der Waals surface area contributed by atoms with Crippen LogP contribution < -0.4 is 20.9 Å². The number of imidazole rings is 1. The highest BCUT2D eigenvalue weighted by Crippen LogP contribution is 2.47. The van der Waals surface area contributed by atoms with Crippen LogP contribution in [0.1, 0.15) is 45.3 Å². The van der Waals surface area contributed by atoms with E-state index in [1.807, 2.05) is 0 Å². The first kappa shape index (κ1) is 31.1. The zero-order valence-electron chi connectivity index (χ0n) is 23.3. The number of H-pyrrole nitrogens is 1. The number of aromatic nitrogens is 4. The molecule has 2 fully saturated rings. The Bertz CT molecular complexity index is 1610. The fourth-order valence-corrected chi connectivity index (χ4v) is 7.49. The fourth-order valence-electron chi connectivity index (χ4n) is 5.07. The van der Waals surface area contributed by atoms with E-state index >= 15 is 0 Å². The topological polar surface area (TPSA) is 196 Å². The van der Waals surface area contributed by atoms with Gasteiger partial charge in [0.15, 0.2) is 23.0 Å². The molecular formula is C27H33N6O8PS. The smallest absolute Gasteiger partial charge is 0.323 e. The van der Waals surface area contributed by atoms with Gasteiger partial charge in [0.25, 0.3) is 5.56 Å². The van der Waals surface area contributed by atoms with Crippen LogP contribution in [0.2, 0.25) is 0 Å². The third kappa shape index (κ3) is 6.61. The number of ether oxygens (including phenoxy) is 2. The molecule has 1 aromatic carbocycles. The van der Waals surface area contributed by atoms with Crippen molar-refractivity contribution in [3.05, 3.63) is 47.0 Å². The predicted molar refractivity (Wildman–Crippen MR) is 159 cm³/mol. The Labute approximate surface area is 252 Å². The molecule has 14 nitrogen and oxygen atoms in total. The number of para-hydroxylation sites is 1. The molecule has 1 aliphatic heterocycles. The molecule has 6 N–H and O–H groups in total. The third-order valence-electron chi connectivity index (χ3n) is 7.34. The number of hydrogen-bond donors (Lipinski definition) is 5. The number of esters is 1. The summed E-state index contributed by atoms with van der Waals surface area (Å²) in [6.45, 7) is -2.30. The summed E-state index contributed by atoms with van der Waals surface area (Å²) in [6.07, 6.45) is 7.10. The Balaban J connectivity index is 1.35. The van der Waals surface area contributed by atoms with Gasteiger partial charge in [-0.2, -0.15) is 4.98 Å². The van der Waals surface area contributed by atoms with Gasteiger partial charge in [0.1, 0.15) is 30.1 Å². The second-order valence-corrected chi connectivity index (χ2v) is 13.6. The van der Waals surface area contributed by atoms with Crippen LogP contribution in [0.5, 0.6) is 5.75 Å². The summed E-state index contributed by atoms with van der Waals surface area (Å²) < 4.78 is 24.9. The van der Waals surface area contributed by atoms with Gasteiger partial charge < -0.3 is 34.5 Å². The highest BCUT2D eigenvalue weighted by Gasteiger charge is 2.56. The highest BCUT2D eigenvalue weighted by molar-refractivity contribution is 8.09. The van der Waals surface area contributed by atoms with Crippen molar-refractivity contribution in [3.63, 3.8) is 0 Å². The van der Waals surface area contributed by atoms with Crippen LogP contribution in [-0.2, 0) is 30.6 Å². The number of hydrogen-bond acceptors (Lipinski definition) is 12. The van der Waals surface area contributed by atoms with Gasteiger partial charge in [-0.15, -0.1) is 6.42 Å². The second kappa shape index (κ2) is 12.7. The average molecular weight is 633 g/mol. The molecule has 6 atom stereocenters. The third-order valence-corrected chi connectivity index (χ3v) is 9.84. The molecule has 1 saturated heterocycles. The van der Waals surface area contributed by atoms with E-state index in [2.05, 4.69) is 26.0 Å². The maximum atomic E-state index is 12.9. The number of rotatable bonds is 10. The van der Waals surface area contributed by atoms with Crippen molar-refractivity contribution in [2.24, 2.45) is 0 Å². The van der Waals surface area contributed by atoms with Crippen LogP contribution in [0.15, 0.2) is 41.5 Å². The Kier molecular flexibility index (Phi) is 9.19.